The molecular weight excluding hydrogens is 505 g/mol. The molecule has 3 aliphatic carbocycles. The second-order valence-corrected chi connectivity index (χ2v) is 11.8. The van der Waals surface area contributed by atoms with Gasteiger partial charge in [-0.15, -0.1) is 0 Å². The van der Waals surface area contributed by atoms with E-state index in [9.17, 15) is 24.0 Å². The molecule has 1 aromatic rings. The minimum absolute atomic E-state index is 0.0437. The molecule has 4 atom stereocenters. The molecule has 0 aliphatic heterocycles. The van der Waals surface area contributed by atoms with Crippen LogP contribution in [0.1, 0.15) is 88.1 Å². The molecular formula is C29H38FN3O6. The van der Waals surface area contributed by atoms with Crippen molar-refractivity contribution in [2.75, 3.05) is 7.11 Å². The van der Waals surface area contributed by atoms with Gasteiger partial charge in [-0.3, -0.25) is 9.59 Å². The minimum atomic E-state index is -2.28. The Morgan fingerprint density at radius 1 is 1.15 bits per heavy atom. The fourth-order valence-corrected chi connectivity index (χ4v) is 6.26. The normalized spacial score (nSPS) is 29.8. The number of carboxylic acid groups (broad SMARTS) is 1. The van der Waals surface area contributed by atoms with Gasteiger partial charge in [0.15, 0.2) is 0 Å². The average Bonchev–Trinajstić information content (AvgIpc) is 3.51. The largest absolute Gasteiger partial charge is 0.496 e. The first kappa shape index (κ1) is 28.7. The first-order valence-electron chi connectivity index (χ1n) is 13.8. The highest BCUT2D eigenvalue weighted by atomic mass is 19.1. The molecule has 0 heterocycles. The molecule has 3 fully saturated rings. The SMILES string of the molecule is CCC(C)(C)NC(=O)[C@H]1[C@@H]2CC[C@@H](C2)[C@H]1NC(=O)c1cc(O[C@H]2CC[C@@](F)(C(=O)O)CC2)c(C#N)cc1OC. The van der Waals surface area contributed by atoms with Crippen LogP contribution < -0.4 is 20.1 Å². The Kier molecular flexibility index (Phi) is 8.10. The number of alkyl halides is 1. The second-order valence-electron chi connectivity index (χ2n) is 11.8. The average molecular weight is 544 g/mol. The first-order valence-corrected chi connectivity index (χ1v) is 13.8. The molecule has 1 aromatic carbocycles. The number of methoxy groups -OCH3 is 1. The van der Waals surface area contributed by atoms with Crippen molar-refractivity contribution in [3.05, 3.63) is 23.3 Å². The monoisotopic (exact) mass is 543 g/mol. The Balaban J connectivity index is 1.54. The highest BCUT2D eigenvalue weighted by molar-refractivity contribution is 5.98. The van der Waals surface area contributed by atoms with Crippen molar-refractivity contribution in [2.24, 2.45) is 17.8 Å². The molecule has 0 unspecified atom stereocenters. The number of carbonyl (C=O) groups is 3. The number of hydrogen-bond donors (Lipinski definition) is 3. The topological polar surface area (TPSA) is 138 Å². The van der Waals surface area contributed by atoms with E-state index >= 15 is 0 Å². The fraction of sp³-hybridized carbons (Fsp3) is 0.655. The number of amides is 2. The van der Waals surface area contributed by atoms with Crippen molar-refractivity contribution in [1.29, 1.82) is 5.26 Å². The number of ether oxygens (including phenoxy) is 2. The third-order valence-corrected chi connectivity index (χ3v) is 8.93. The molecule has 212 valence electrons. The first-order chi connectivity index (χ1) is 18.4. The lowest BCUT2D eigenvalue weighted by Crippen LogP contribution is -2.53. The minimum Gasteiger partial charge on any atom is -0.496 e. The van der Waals surface area contributed by atoms with Crippen molar-refractivity contribution >= 4 is 17.8 Å². The summed E-state index contributed by atoms with van der Waals surface area (Å²) in [6.45, 7) is 5.98. The molecule has 4 rings (SSSR count). The number of nitrogens with zero attached hydrogens (tertiary/aromatic N) is 1. The molecule has 3 N–H and O–H groups in total. The maximum atomic E-state index is 14.5. The maximum Gasteiger partial charge on any atom is 0.341 e. The molecule has 0 spiro atoms. The van der Waals surface area contributed by atoms with E-state index in [1.165, 1.54) is 19.2 Å². The molecule has 0 aromatic heterocycles. The summed E-state index contributed by atoms with van der Waals surface area (Å²) < 4.78 is 25.9. The van der Waals surface area contributed by atoms with Crippen LogP contribution in [-0.2, 0) is 9.59 Å². The van der Waals surface area contributed by atoms with Crippen LogP contribution in [0, 0.1) is 29.1 Å². The molecule has 3 saturated carbocycles. The molecule has 39 heavy (non-hydrogen) atoms. The van der Waals surface area contributed by atoms with Gasteiger partial charge in [0.1, 0.15) is 17.6 Å². The van der Waals surface area contributed by atoms with E-state index in [2.05, 4.69) is 10.6 Å². The van der Waals surface area contributed by atoms with Crippen LogP contribution in [0.25, 0.3) is 0 Å². The quantitative estimate of drug-likeness (QED) is 0.426. The lowest BCUT2D eigenvalue weighted by Gasteiger charge is -2.34. The highest BCUT2D eigenvalue weighted by Crippen LogP contribution is 2.49. The molecule has 3 aliphatic rings. The third-order valence-electron chi connectivity index (χ3n) is 8.93. The van der Waals surface area contributed by atoms with E-state index in [0.29, 0.717) is 0 Å². The Bertz CT molecular complexity index is 1170. The van der Waals surface area contributed by atoms with Crippen LogP contribution >= 0.6 is 0 Å². The van der Waals surface area contributed by atoms with Crippen LogP contribution in [0.4, 0.5) is 4.39 Å². The van der Waals surface area contributed by atoms with E-state index in [1.54, 1.807) is 0 Å². The van der Waals surface area contributed by atoms with Crippen molar-refractivity contribution < 1.29 is 33.4 Å². The molecule has 2 amide bonds. The van der Waals surface area contributed by atoms with Gasteiger partial charge in [-0.05, 0) is 83.1 Å². The second kappa shape index (κ2) is 11.0. The smallest absolute Gasteiger partial charge is 0.341 e. The lowest BCUT2D eigenvalue weighted by atomic mass is 9.82. The number of hydrogen-bond acceptors (Lipinski definition) is 6. The van der Waals surface area contributed by atoms with E-state index in [1.807, 2.05) is 26.8 Å². The summed E-state index contributed by atoms with van der Waals surface area (Å²) in [6.07, 6.45) is 3.03. The Hall–Kier alpha value is -3.35. The predicted octanol–water partition coefficient (Wildman–Crippen LogP) is 4.13. The Morgan fingerprint density at radius 3 is 2.41 bits per heavy atom. The lowest BCUT2D eigenvalue weighted by molar-refractivity contribution is -0.154. The van der Waals surface area contributed by atoms with Crippen LogP contribution in [0.15, 0.2) is 12.1 Å². The van der Waals surface area contributed by atoms with Crippen molar-refractivity contribution in [1.82, 2.24) is 10.6 Å². The van der Waals surface area contributed by atoms with Crippen LogP contribution in [-0.4, -0.2) is 53.4 Å². The van der Waals surface area contributed by atoms with Crippen LogP contribution in [0.5, 0.6) is 11.5 Å². The number of benzene rings is 1. The summed E-state index contributed by atoms with van der Waals surface area (Å²) in [5.74, 6) is -1.50. The summed E-state index contributed by atoms with van der Waals surface area (Å²) in [4.78, 5) is 38.1. The molecule has 0 saturated heterocycles. The zero-order valence-corrected chi connectivity index (χ0v) is 23.0. The molecule has 9 nitrogen and oxygen atoms in total. The maximum absolute atomic E-state index is 14.5. The van der Waals surface area contributed by atoms with Crippen molar-refractivity contribution in [3.8, 4) is 17.6 Å². The number of rotatable bonds is 9. The van der Waals surface area contributed by atoms with E-state index in [-0.39, 0.29) is 83.6 Å². The number of halogens is 1. The zero-order chi connectivity index (χ0) is 28.5. The number of nitrogens with one attached hydrogen (secondary N) is 2. The van der Waals surface area contributed by atoms with Crippen molar-refractivity contribution in [2.45, 2.75) is 95.5 Å². The van der Waals surface area contributed by atoms with Crippen molar-refractivity contribution in [3.63, 3.8) is 0 Å². The predicted molar refractivity (Wildman–Crippen MR) is 140 cm³/mol. The van der Waals surface area contributed by atoms with Crippen LogP contribution in [0.3, 0.4) is 0 Å². The van der Waals surface area contributed by atoms with Gasteiger partial charge in [0.25, 0.3) is 5.91 Å². The number of carbonyl (C=O) groups excluding carboxylic acids is 2. The number of aliphatic carboxylic acids is 1. The third kappa shape index (κ3) is 5.82. The van der Waals surface area contributed by atoms with Crippen LogP contribution in [0.2, 0.25) is 0 Å². The number of fused-ring (bicyclic) bond motifs is 2. The van der Waals surface area contributed by atoms with Gasteiger partial charge in [-0.2, -0.15) is 5.26 Å². The fourth-order valence-electron chi connectivity index (χ4n) is 6.26. The van der Waals surface area contributed by atoms with E-state index < -0.39 is 23.6 Å². The Morgan fingerprint density at radius 2 is 1.82 bits per heavy atom. The van der Waals surface area contributed by atoms with Gasteiger partial charge in [-0.25, -0.2) is 9.18 Å². The zero-order valence-electron chi connectivity index (χ0n) is 23.0. The number of nitriles is 1. The summed E-state index contributed by atoms with van der Waals surface area (Å²) in [6, 6.07) is 4.61. The molecule has 10 heteroatoms. The van der Waals surface area contributed by atoms with E-state index in [0.717, 1.165) is 25.7 Å². The summed E-state index contributed by atoms with van der Waals surface area (Å²) in [5, 5.41) is 25.1. The molecule has 0 radical (unpaired) electrons. The summed E-state index contributed by atoms with van der Waals surface area (Å²) in [5.41, 5.74) is -2.30. The standard InChI is InChI=1S/C29H38FN3O6/c1-5-28(2,3)33-26(35)23-16-6-7-17(12-16)24(23)32-25(34)20-14-21(18(15-31)13-22(20)38-4)39-19-8-10-29(30,11-9-19)27(36)37/h13-14,16-17,19,23-24H,5-12H2,1-4H3,(H,32,34)(H,33,35)(H,36,37)/t16-,17+,19-,23+,24-,29-/m1/s1. The van der Waals surface area contributed by atoms with Gasteiger partial charge < -0.3 is 25.2 Å². The highest BCUT2D eigenvalue weighted by Gasteiger charge is 2.52. The number of carboxylic acids is 1. The van der Waals surface area contributed by atoms with Gasteiger partial charge in [0.2, 0.25) is 11.6 Å². The van der Waals surface area contributed by atoms with E-state index in [4.69, 9.17) is 14.6 Å². The van der Waals surface area contributed by atoms with Gasteiger partial charge in [0.05, 0.1) is 30.3 Å². The summed E-state index contributed by atoms with van der Waals surface area (Å²) >= 11 is 0. The van der Waals surface area contributed by atoms with Gasteiger partial charge >= 0.3 is 5.97 Å². The molecule has 2 bridgehead atoms. The summed E-state index contributed by atoms with van der Waals surface area (Å²) in [7, 11) is 1.41. The van der Waals surface area contributed by atoms with Gasteiger partial charge in [-0.1, -0.05) is 6.92 Å². The van der Waals surface area contributed by atoms with Gasteiger partial charge in [0, 0.05) is 17.6 Å². The Labute approximate surface area is 228 Å².